The topological polar surface area (TPSA) is 76.2 Å². The van der Waals surface area contributed by atoms with Crippen LogP contribution in [-0.2, 0) is 10.5 Å². The Labute approximate surface area is 115 Å². The maximum atomic E-state index is 10.4. The number of hydrogen-bond acceptors (Lipinski definition) is 5. The molecule has 0 atom stereocenters. The second-order valence-electron chi connectivity index (χ2n) is 4.07. The van der Waals surface area contributed by atoms with Crippen LogP contribution in [0.2, 0.25) is 0 Å². The van der Waals surface area contributed by atoms with Gasteiger partial charge in [-0.3, -0.25) is 4.79 Å². The average molecular weight is 278 g/mol. The van der Waals surface area contributed by atoms with Gasteiger partial charge in [0, 0.05) is 11.3 Å². The van der Waals surface area contributed by atoms with Crippen LogP contribution in [0.1, 0.15) is 17.9 Å². The van der Waals surface area contributed by atoms with E-state index in [-0.39, 0.29) is 6.42 Å². The first kappa shape index (κ1) is 13.6. The highest BCUT2D eigenvalue weighted by atomic mass is 32.2. The second kappa shape index (κ2) is 6.38. The molecule has 19 heavy (non-hydrogen) atoms. The van der Waals surface area contributed by atoms with Crippen LogP contribution in [0.25, 0.3) is 11.4 Å². The number of aryl methyl sites for hydroxylation is 1. The predicted octanol–water partition coefficient (Wildman–Crippen LogP) is 2.75. The number of thioether (sulfide) groups is 1. The highest BCUT2D eigenvalue weighted by molar-refractivity contribution is 7.98. The van der Waals surface area contributed by atoms with Crippen molar-refractivity contribution in [2.75, 3.05) is 5.75 Å². The lowest BCUT2D eigenvalue weighted by molar-refractivity contribution is -0.136. The molecule has 1 heterocycles. The minimum Gasteiger partial charge on any atom is -0.481 e. The summed E-state index contributed by atoms with van der Waals surface area (Å²) in [6.45, 7) is 2.02. The highest BCUT2D eigenvalue weighted by Gasteiger charge is 2.08. The van der Waals surface area contributed by atoms with E-state index in [4.69, 9.17) is 9.63 Å². The van der Waals surface area contributed by atoms with Crippen molar-refractivity contribution in [3.8, 4) is 11.4 Å². The summed E-state index contributed by atoms with van der Waals surface area (Å²) in [6.07, 6.45) is 0.142. The third-order valence-corrected chi connectivity index (χ3v) is 3.41. The molecule has 0 aliphatic carbocycles. The quantitative estimate of drug-likeness (QED) is 0.819. The summed E-state index contributed by atoms with van der Waals surface area (Å²) in [4.78, 5) is 14.6. The Bertz CT molecular complexity index is 551. The van der Waals surface area contributed by atoms with Crippen LogP contribution in [0.3, 0.4) is 0 Å². The molecule has 2 aromatic rings. The van der Waals surface area contributed by atoms with Crippen molar-refractivity contribution in [1.29, 1.82) is 0 Å². The first-order valence-electron chi connectivity index (χ1n) is 5.84. The number of rotatable bonds is 6. The fourth-order valence-corrected chi connectivity index (χ4v) is 2.21. The molecule has 0 spiro atoms. The van der Waals surface area contributed by atoms with Gasteiger partial charge in [-0.25, -0.2) is 0 Å². The summed E-state index contributed by atoms with van der Waals surface area (Å²) in [5.41, 5.74) is 2.09. The zero-order valence-corrected chi connectivity index (χ0v) is 11.3. The van der Waals surface area contributed by atoms with Crippen LogP contribution >= 0.6 is 11.8 Å². The molecule has 1 N–H and O–H groups in total. The number of carboxylic acids is 1. The molecule has 5 nitrogen and oxygen atoms in total. The smallest absolute Gasteiger partial charge is 0.304 e. The van der Waals surface area contributed by atoms with Crippen molar-refractivity contribution >= 4 is 17.7 Å². The van der Waals surface area contributed by atoms with Crippen LogP contribution in [0, 0.1) is 6.92 Å². The van der Waals surface area contributed by atoms with Crippen molar-refractivity contribution in [2.24, 2.45) is 0 Å². The standard InChI is InChI=1S/C13H14N2O3S/c1-9-2-4-10(5-3-9)13-14-11(18-15-13)8-19-7-6-12(16)17/h2-5H,6-8H2,1H3,(H,16,17). The minimum atomic E-state index is -0.793. The number of aromatic nitrogens is 2. The van der Waals surface area contributed by atoms with Gasteiger partial charge in [0.1, 0.15) is 0 Å². The lowest BCUT2D eigenvalue weighted by Crippen LogP contribution is -1.96. The number of hydrogen-bond donors (Lipinski definition) is 1. The van der Waals surface area contributed by atoms with Crippen LogP contribution in [0.4, 0.5) is 0 Å². The van der Waals surface area contributed by atoms with E-state index in [2.05, 4.69) is 10.1 Å². The summed E-state index contributed by atoms with van der Waals surface area (Å²) in [6, 6.07) is 7.88. The molecule has 0 saturated heterocycles. The Kier molecular flexibility index (Phi) is 4.57. The molecule has 0 amide bonds. The van der Waals surface area contributed by atoms with E-state index in [9.17, 15) is 4.79 Å². The normalized spacial score (nSPS) is 10.6. The SMILES string of the molecule is Cc1ccc(-c2noc(CSCCC(=O)O)n2)cc1. The fourth-order valence-electron chi connectivity index (χ4n) is 1.45. The van der Waals surface area contributed by atoms with Crippen molar-refractivity contribution < 1.29 is 14.4 Å². The van der Waals surface area contributed by atoms with E-state index in [1.54, 1.807) is 0 Å². The maximum absolute atomic E-state index is 10.4. The molecule has 2 rings (SSSR count). The summed E-state index contributed by atoms with van der Waals surface area (Å²) in [5.74, 6) is 1.36. The van der Waals surface area contributed by atoms with Gasteiger partial charge < -0.3 is 9.63 Å². The van der Waals surface area contributed by atoms with Gasteiger partial charge in [0.25, 0.3) is 0 Å². The van der Waals surface area contributed by atoms with Gasteiger partial charge >= 0.3 is 5.97 Å². The third-order valence-electron chi connectivity index (χ3n) is 2.46. The van der Waals surface area contributed by atoms with Gasteiger partial charge in [-0.2, -0.15) is 16.7 Å². The van der Waals surface area contributed by atoms with Gasteiger partial charge in [-0.05, 0) is 6.92 Å². The van der Waals surface area contributed by atoms with Crippen molar-refractivity contribution in [3.05, 3.63) is 35.7 Å². The van der Waals surface area contributed by atoms with E-state index in [1.165, 1.54) is 17.3 Å². The lowest BCUT2D eigenvalue weighted by atomic mass is 10.1. The molecule has 1 aromatic heterocycles. The number of carboxylic acid groups (broad SMARTS) is 1. The van der Waals surface area contributed by atoms with Gasteiger partial charge in [0.05, 0.1) is 12.2 Å². The maximum Gasteiger partial charge on any atom is 0.304 e. The highest BCUT2D eigenvalue weighted by Crippen LogP contribution is 2.18. The molecule has 1 aromatic carbocycles. The molecule has 0 radical (unpaired) electrons. The first-order chi connectivity index (χ1) is 9.15. The van der Waals surface area contributed by atoms with Crippen molar-refractivity contribution in [1.82, 2.24) is 10.1 Å². The van der Waals surface area contributed by atoms with Crippen LogP contribution in [0.5, 0.6) is 0 Å². The number of nitrogens with zero attached hydrogens (tertiary/aromatic N) is 2. The Balaban J connectivity index is 1.91. The van der Waals surface area contributed by atoms with Gasteiger partial charge in [0.15, 0.2) is 0 Å². The molecule has 100 valence electrons. The van der Waals surface area contributed by atoms with E-state index in [0.717, 1.165) is 5.56 Å². The third kappa shape index (κ3) is 4.10. The summed E-state index contributed by atoms with van der Waals surface area (Å²) >= 11 is 1.47. The summed E-state index contributed by atoms with van der Waals surface area (Å²) < 4.78 is 5.13. The second-order valence-corrected chi connectivity index (χ2v) is 5.18. The van der Waals surface area contributed by atoms with Gasteiger partial charge in [0.2, 0.25) is 11.7 Å². The van der Waals surface area contributed by atoms with Crippen LogP contribution in [-0.4, -0.2) is 27.0 Å². The molecule has 0 aliphatic rings. The first-order valence-corrected chi connectivity index (χ1v) is 7.00. The Morgan fingerprint density at radius 2 is 2.11 bits per heavy atom. The predicted molar refractivity (Wildman–Crippen MR) is 72.9 cm³/mol. The molecule has 0 fully saturated rings. The molecule has 6 heteroatoms. The van der Waals surface area contributed by atoms with Crippen molar-refractivity contribution in [2.45, 2.75) is 19.1 Å². The Hall–Kier alpha value is -1.82. The number of aliphatic carboxylic acids is 1. The number of benzene rings is 1. The van der Waals surface area contributed by atoms with Gasteiger partial charge in [-0.1, -0.05) is 35.0 Å². The van der Waals surface area contributed by atoms with Crippen LogP contribution in [0.15, 0.2) is 28.8 Å². The zero-order chi connectivity index (χ0) is 13.7. The number of carbonyl (C=O) groups is 1. The lowest BCUT2D eigenvalue weighted by Gasteiger charge is -1.95. The summed E-state index contributed by atoms with van der Waals surface area (Å²) in [7, 11) is 0. The van der Waals surface area contributed by atoms with E-state index in [1.807, 2.05) is 31.2 Å². The van der Waals surface area contributed by atoms with E-state index < -0.39 is 5.97 Å². The Morgan fingerprint density at radius 3 is 2.79 bits per heavy atom. The Morgan fingerprint density at radius 1 is 1.37 bits per heavy atom. The molecule has 0 bridgehead atoms. The molecular weight excluding hydrogens is 264 g/mol. The largest absolute Gasteiger partial charge is 0.481 e. The molecule has 0 aliphatic heterocycles. The van der Waals surface area contributed by atoms with Crippen molar-refractivity contribution in [3.63, 3.8) is 0 Å². The van der Waals surface area contributed by atoms with Gasteiger partial charge in [-0.15, -0.1) is 0 Å². The monoisotopic (exact) mass is 278 g/mol. The molecule has 0 saturated carbocycles. The summed E-state index contributed by atoms with van der Waals surface area (Å²) in [5, 5.41) is 12.4. The van der Waals surface area contributed by atoms with Crippen LogP contribution < -0.4 is 0 Å². The zero-order valence-electron chi connectivity index (χ0n) is 10.5. The fraction of sp³-hybridized carbons (Fsp3) is 0.308. The molecular formula is C13H14N2O3S. The van der Waals surface area contributed by atoms with E-state index >= 15 is 0 Å². The van der Waals surface area contributed by atoms with E-state index in [0.29, 0.717) is 23.2 Å². The minimum absolute atomic E-state index is 0.142. The average Bonchev–Trinajstić information content (AvgIpc) is 2.84. The molecule has 0 unspecified atom stereocenters.